The Labute approximate surface area is 126 Å². The van der Waals surface area contributed by atoms with Gasteiger partial charge in [0.15, 0.2) is 15.7 Å². The van der Waals surface area contributed by atoms with E-state index in [1.165, 1.54) is 12.1 Å². The maximum atomic E-state index is 12.2. The molecule has 1 aromatic carbocycles. The van der Waals surface area contributed by atoms with Gasteiger partial charge in [0, 0.05) is 12.1 Å². The predicted octanol–water partition coefficient (Wildman–Crippen LogP) is 1.19. The van der Waals surface area contributed by atoms with Gasteiger partial charge in [0.25, 0.3) is 0 Å². The number of hydrogen-bond acceptors (Lipinski definition) is 5. The molecule has 6 nitrogen and oxygen atoms in total. The van der Waals surface area contributed by atoms with Crippen molar-refractivity contribution in [3.8, 4) is 0 Å². The first-order chi connectivity index (χ1) is 9.86. The van der Waals surface area contributed by atoms with E-state index in [9.17, 15) is 8.42 Å². The molecule has 0 aliphatic rings. The van der Waals surface area contributed by atoms with Crippen molar-refractivity contribution < 1.29 is 13.6 Å². The first-order valence-electron chi connectivity index (χ1n) is 6.88. The molecular weight excluding hydrogens is 290 g/mol. The summed E-state index contributed by atoms with van der Waals surface area (Å²) >= 11 is 0. The largest absolute Gasteiger partial charge is 0.409 e. The number of rotatable bonds is 8. The highest BCUT2D eigenvalue weighted by atomic mass is 32.2. The van der Waals surface area contributed by atoms with E-state index < -0.39 is 9.84 Å². The lowest BCUT2D eigenvalue weighted by atomic mass is 10.1. The van der Waals surface area contributed by atoms with Crippen LogP contribution in [0.3, 0.4) is 0 Å². The minimum Gasteiger partial charge on any atom is -0.409 e. The minimum absolute atomic E-state index is 0.0186. The van der Waals surface area contributed by atoms with Gasteiger partial charge in [-0.05, 0) is 31.0 Å². The van der Waals surface area contributed by atoms with Gasteiger partial charge in [0.05, 0.1) is 10.6 Å². The average Bonchev–Trinajstić information content (AvgIpc) is 2.45. The van der Waals surface area contributed by atoms with E-state index in [1.54, 1.807) is 12.1 Å². The molecule has 0 saturated carbocycles. The van der Waals surface area contributed by atoms with Gasteiger partial charge < -0.3 is 16.3 Å². The highest BCUT2D eigenvalue weighted by Gasteiger charge is 2.15. The van der Waals surface area contributed by atoms with Crippen LogP contribution >= 0.6 is 0 Å². The molecule has 0 saturated heterocycles. The number of nitrogens with two attached hydrogens (primary N) is 1. The van der Waals surface area contributed by atoms with Gasteiger partial charge in [-0.25, -0.2) is 8.42 Å². The molecule has 0 fully saturated rings. The molecule has 0 aliphatic heterocycles. The zero-order valence-corrected chi connectivity index (χ0v) is 13.2. The molecular formula is C14H23N3O3S. The quantitative estimate of drug-likeness (QED) is 0.220. The Morgan fingerprint density at radius 2 is 2.10 bits per heavy atom. The molecule has 0 bridgehead atoms. The van der Waals surface area contributed by atoms with Crippen LogP contribution in [-0.2, 0) is 9.84 Å². The molecule has 0 aromatic heterocycles. The summed E-state index contributed by atoms with van der Waals surface area (Å²) in [7, 11) is -3.38. The number of amidine groups is 1. The Bertz CT molecular complexity index is 583. The SMILES string of the molecule is CC(C)CCNCCS(=O)(=O)c1cccc(/C(N)=N/O)c1. The fourth-order valence-electron chi connectivity index (χ4n) is 1.75. The zero-order chi connectivity index (χ0) is 15.9. The lowest BCUT2D eigenvalue weighted by Crippen LogP contribution is -2.25. The summed E-state index contributed by atoms with van der Waals surface area (Å²) in [4.78, 5) is 0.178. The summed E-state index contributed by atoms with van der Waals surface area (Å²) in [6.45, 7) is 5.45. The van der Waals surface area contributed by atoms with Crippen molar-refractivity contribution in [2.45, 2.75) is 25.2 Å². The molecule has 0 radical (unpaired) electrons. The summed E-state index contributed by atoms with van der Waals surface area (Å²) in [5, 5.41) is 14.6. The van der Waals surface area contributed by atoms with Gasteiger partial charge in [-0.3, -0.25) is 0 Å². The molecule has 0 atom stereocenters. The third-order valence-electron chi connectivity index (χ3n) is 3.04. The lowest BCUT2D eigenvalue weighted by molar-refractivity contribution is 0.318. The molecule has 7 heteroatoms. The zero-order valence-electron chi connectivity index (χ0n) is 12.4. The van der Waals surface area contributed by atoms with Gasteiger partial charge in [-0.2, -0.15) is 0 Å². The van der Waals surface area contributed by atoms with Crippen LogP contribution < -0.4 is 11.1 Å². The molecule has 1 rings (SSSR count). The third-order valence-corrected chi connectivity index (χ3v) is 4.76. The van der Waals surface area contributed by atoms with E-state index in [0.717, 1.165) is 13.0 Å². The monoisotopic (exact) mass is 313 g/mol. The van der Waals surface area contributed by atoms with Crippen molar-refractivity contribution in [3.63, 3.8) is 0 Å². The Morgan fingerprint density at radius 1 is 1.38 bits per heavy atom. The predicted molar refractivity (Wildman–Crippen MR) is 83.3 cm³/mol. The fourth-order valence-corrected chi connectivity index (χ4v) is 2.99. The number of nitrogens with one attached hydrogen (secondary N) is 1. The summed E-state index contributed by atoms with van der Waals surface area (Å²) in [5.41, 5.74) is 5.85. The normalized spacial score (nSPS) is 12.8. The van der Waals surface area contributed by atoms with E-state index in [4.69, 9.17) is 10.9 Å². The van der Waals surface area contributed by atoms with E-state index in [0.29, 0.717) is 18.0 Å². The van der Waals surface area contributed by atoms with Gasteiger partial charge in [0.1, 0.15) is 0 Å². The van der Waals surface area contributed by atoms with Crippen molar-refractivity contribution >= 4 is 15.7 Å². The van der Waals surface area contributed by atoms with Crippen LogP contribution in [-0.4, -0.2) is 38.3 Å². The topological polar surface area (TPSA) is 105 Å². The van der Waals surface area contributed by atoms with Crippen LogP contribution in [0.1, 0.15) is 25.8 Å². The molecule has 0 spiro atoms. The average molecular weight is 313 g/mol. The molecule has 21 heavy (non-hydrogen) atoms. The Balaban J connectivity index is 2.66. The molecule has 4 N–H and O–H groups in total. The van der Waals surface area contributed by atoms with Crippen LogP contribution in [0.2, 0.25) is 0 Å². The van der Waals surface area contributed by atoms with Crippen molar-refractivity contribution in [1.82, 2.24) is 5.32 Å². The van der Waals surface area contributed by atoms with Crippen molar-refractivity contribution in [3.05, 3.63) is 29.8 Å². The van der Waals surface area contributed by atoms with Crippen LogP contribution in [0.4, 0.5) is 0 Å². The second-order valence-electron chi connectivity index (χ2n) is 5.26. The number of hydrogen-bond donors (Lipinski definition) is 3. The van der Waals surface area contributed by atoms with Crippen molar-refractivity contribution in [1.29, 1.82) is 0 Å². The fraction of sp³-hybridized carbons (Fsp3) is 0.500. The van der Waals surface area contributed by atoms with Crippen LogP contribution in [0.15, 0.2) is 34.3 Å². The van der Waals surface area contributed by atoms with Crippen molar-refractivity contribution in [2.24, 2.45) is 16.8 Å². The maximum Gasteiger partial charge on any atom is 0.179 e. The first kappa shape index (κ1) is 17.5. The smallest absolute Gasteiger partial charge is 0.179 e. The lowest BCUT2D eigenvalue weighted by Gasteiger charge is -2.08. The van der Waals surface area contributed by atoms with E-state index in [1.807, 2.05) is 0 Å². The second-order valence-corrected chi connectivity index (χ2v) is 7.37. The molecule has 0 amide bonds. The second kappa shape index (κ2) is 7.99. The third kappa shape index (κ3) is 5.73. The minimum atomic E-state index is -3.38. The summed E-state index contributed by atoms with van der Waals surface area (Å²) in [6.07, 6.45) is 1.01. The standard InChI is InChI=1S/C14H23N3O3S/c1-11(2)6-7-16-8-9-21(19,20)13-5-3-4-12(10-13)14(15)17-18/h3-5,10-11,16,18H,6-9H2,1-2H3,(H2,15,17). The van der Waals surface area contributed by atoms with E-state index in [2.05, 4.69) is 24.3 Å². The molecule has 118 valence electrons. The van der Waals surface area contributed by atoms with Crippen molar-refractivity contribution in [2.75, 3.05) is 18.8 Å². The van der Waals surface area contributed by atoms with Gasteiger partial charge in [-0.1, -0.05) is 31.1 Å². The summed E-state index contributed by atoms with van der Waals surface area (Å²) < 4.78 is 24.4. The van der Waals surface area contributed by atoms with Crippen LogP contribution in [0, 0.1) is 5.92 Å². The molecule has 1 aromatic rings. The summed E-state index contributed by atoms with van der Waals surface area (Å²) in [5.74, 6) is 0.499. The molecule has 0 aliphatic carbocycles. The first-order valence-corrected chi connectivity index (χ1v) is 8.53. The highest BCUT2D eigenvalue weighted by Crippen LogP contribution is 2.13. The maximum absolute atomic E-state index is 12.2. The molecule has 0 unspecified atom stereocenters. The van der Waals surface area contributed by atoms with Gasteiger partial charge in [0.2, 0.25) is 0 Å². The van der Waals surface area contributed by atoms with Gasteiger partial charge in [-0.15, -0.1) is 0 Å². The number of oxime groups is 1. The Hall–Kier alpha value is -1.60. The summed E-state index contributed by atoms with van der Waals surface area (Å²) in [6, 6.07) is 6.09. The number of nitrogens with zero attached hydrogens (tertiary/aromatic N) is 1. The van der Waals surface area contributed by atoms with E-state index >= 15 is 0 Å². The van der Waals surface area contributed by atoms with Gasteiger partial charge >= 0.3 is 0 Å². The van der Waals surface area contributed by atoms with Crippen LogP contribution in [0.5, 0.6) is 0 Å². The van der Waals surface area contributed by atoms with Crippen LogP contribution in [0.25, 0.3) is 0 Å². The molecule has 0 heterocycles. The number of benzene rings is 1. The Morgan fingerprint density at radius 3 is 2.71 bits per heavy atom. The highest BCUT2D eigenvalue weighted by molar-refractivity contribution is 7.91. The Kier molecular flexibility index (Phi) is 6.64. The van der Waals surface area contributed by atoms with E-state index in [-0.39, 0.29) is 16.5 Å². The number of sulfone groups is 1.